The van der Waals surface area contributed by atoms with Crippen LogP contribution in [0.25, 0.3) is 0 Å². The topological polar surface area (TPSA) is 69.6 Å². The summed E-state index contributed by atoms with van der Waals surface area (Å²) in [5.41, 5.74) is 0. The molecule has 2 atom stereocenters. The largest absolute Gasteiger partial charge is 0.480 e. The number of hydrogen-bond acceptors (Lipinski definition) is 3. The van der Waals surface area contributed by atoms with Crippen molar-refractivity contribution in [3.63, 3.8) is 0 Å². The normalized spacial score (nSPS) is 21.6. The van der Waals surface area contributed by atoms with E-state index in [1.807, 2.05) is 6.92 Å². The third-order valence-corrected chi connectivity index (χ3v) is 3.34. The summed E-state index contributed by atoms with van der Waals surface area (Å²) in [4.78, 5) is 10.9. The number of carboxylic acids is 1. The monoisotopic (exact) mass is 229 g/mol. The van der Waals surface area contributed by atoms with Crippen LogP contribution < -0.4 is 5.32 Å². The molecule has 0 heterocycles. The Morgan fingerprint density at radius 3 is 2.50 bits per heavy atom. The molecule has 0 spiro atoms. The Labute approximate surface area is 97.0 Å². The molecule has 0 bridgehead atoms. The zero-order valence-electron chi connectivity index (χ0n) is 9.98. The van der Waals surface area contributed by atoms with Gasteiger partial charge in [-0.3, -0.25) is 10.1 Å². The fourth-order valence-electron chi connectivity index (χ4n) is 2.36. The summed E-state index contributed by atoms with van der Waals surface area (Å²) in [6.07, 6.45) is 6.26. The van der Waals surface area contributed by atoms with E-state index in [2.05, 4.69) is 5.32 Å². The summed E-state index contributed by atoms with van der Waals surface area (Å²) in [5, 5.41) is 21.8. The van der Waals surface area contributed by atoms with Crippen molar-refractivity contribution in [1.82, 2.24) is 5.32 Å². The maximum absolute atomic E-state index is 10.9. The van der Waals surface area contributed by atoms with Crippen LogP contribution in [0.2, 0.25) is 0 Å². The van der Waals surface area contributed by atoms with Gasteiger partial charge in [-0.2, -0.15) is 0 Å². The van der Waals surface area contributed by atoms with Gasteiger partial charge in [-0.05, 0) is 25.2 Å². The molecule has 0 aliphatic heterocycles. The molecule has 1 saturated carbocycles. The number of aliphatic hydroxyl groups excluding tert-OH is 1. The fourth-order valence-corrected chi connectivity index (χ4v) is 2.36. The first kappa shape index (κ1) is 13.5. The van der Waals surface area contributed by atoms with Crippen LogP contribution in [0.4, 0.5) is 0 Å². The second-order valence-electron chi connectivity index (χ2n) is 4.69. The van der Waals surface area contributed by atoms with E-state index < -0.39 is 18.2 Å². The molecule has 1 rings (SSSR count). The first-order valence-corrected chi connectivity index (χ1v) is 6.32. The van der Waals surface area contributed by atoms with Gasteiger partial charge in [0, 0.05) is 0 Å². The quantitative estimate of drug-likeness (QED) is 0.607. The summed E-state index contributed by atoms with van der Waals surface area (Å²) in [6, 6.07) is -0.609. The van der Waals surface area contributed by atoms with Crippen molar-refractivity contribution < 1.29 is 15.0 Å². The average Bonchev–Trinajstić information content (AvgIpc) is 2.29. The maximum Gasteiger partial charge on any atom is 0.320 e. The van der Waals surface area contributed by atoms with Gasteiger partial charge in [0.25, 0.3) is 0 Å². The number of carboxylic acid groups (broad SMARTS) is 1. The third-order valence-electron chi connectivity index (χ3n) is 3.34. The van der Waals surface area contributed by atoms with Crippen LogP contribution >= 0.6 is 0 Å². The minimum atomic E-state index is -0.864. The minimum absolute atomic E-state index is 0.229. The Balaban J connectivity index is 2.39. The molecule has 0 aromatic carbocycles. The Kier molecular flexibility index (Phi) is 5.77. The van der Waals surface area contributed by atoms with Gasteiger partial charge >= 0.3 is 5.97 Å². The van der Waals surface area contributed by atoms with Crippen molar-refractivity contribution in [3.8, 4) is 0 Å². The highest BCUT2D eigenvalue weighted by Crippen LogP contribution is 2.25. The number of aliphatic hydroxyl groups is 1. The Morgan fingerprint density at radius 1 is 1.38 bits per heavy atom. The highest BCUT2D eigenvalue weighted by atomic mass is 16.4. The highest BCUT2D eigenvalue weighted by Gasteiger charge is 2.26. The van der Waals surface area contributed by atoms with Crippen LogP contribution in [0.3, 0.4) is 0 Å². The van der Waals surface area contributed by atoms with Gasteiger partial charge < -0.3 is 10.2 Å². The molecule has 0 radical (unpaired) electrons. The van der Waals surface area contributed by atoms with E-state index in [1.54, 1.807) is 0 Å². The Morgan fingerprint density at radius 2 is 2.00 bits per heavy atom. The van der Waals surface area contributed by atoms with Crippen LogP contribution in [-0.2, 0) is 4.79 Å². The summed E-state index contributed by atoms with van der Waals surface area (Å²) in [5.74, 6) is -0.635. The first-order valence-electron chi connectivity index (χ1n) is 6.32. The lowest BCUT2D eigenvalue weighted by Crippen LogP contribution is -2.47. The molecule has 2 unspecified atom stereocenters. The number of hydrogen-bond donors (Lipinski definition) is 3. The summed E-state index contributed by atoms with van der Waals surface area (Å²) >= 11 is 0. The van der Waals surface area contributed by atoms with Crippen LogP contribution in [0, 0.1) is 5.92 Å². The summed E-state index contributed by atoms with van der Waals surface area (Å²) in [6.45, 7) is 1.95. The number of nitrogens with one attached hydrogen (secondary N) is 1. The zero-order valence-corrected chi connectivity index (χ0v) is 9.98. The molecule has 3 N–H and O–H groups in total. The zero-order chi connectivity index (χ0) is 12.0. The Hall–Kier alpha value is -0.610. The molecule has 0 aromatic rings. The number of rotatable bonds is 6. The van der Waals surface area contributed by atoms with Crippen molar-refractivity contribution in [2.24, 2.45) is 5.92 Å². The van der Waals surface area contributed by atoms with E-state index in [1.165, 1.54) is 6.42 Å². The maximum atomic E-state index is 10.9. The molecule has 1 aliphatic rings. The van der Waals surface area contributed by atoms with Gasteiger partial charge in [0.1, 0.15) is 12.3 Å². The SMILES string of the molecule is CCCC(NC(O)C1CCCCC1)C(=O)O. The molecule has 16 heavy (non-hydrogen) atoms. The van der Waals surface area contributed by atoms with Gasteiger partial charge in [0.05, 0.1) is 0 Å². The third kappa shape index (κ3) is 4.10. The average molecular weight is 229 g/mol. The molecular formula is C12H23NO3. The summed E-state index contributed by atoms with van der Waals surface area (Å²) < 4.78 is 0. The molecule has 0 amide bonds. The van der Waals surface area contributed by atoms with Gasteiger partial charge in [-0.1, -0.05) is 32.6 Å². The fraction of sp³-hybridized carbons (Fsp3) is 0.917. The van der Waals surface area contributed by atoms with Crippen LogP contribution in [0.15, 0.2) is 0 Å². The van der Waals surface area contributed by atoms with Crippen molar-refractivity contribution in [2.45, 2.75) is 64.1 Å². The van der Waals surface area contributed by atoms with E-state index in [4.69, 9.17) is 5.11 Å². The van der Waals surface area contributed by atoms with E-state index in [9.17, 15) is 9.90 Å². The second kappa shape index (κ2) is 6.86. The predicted octanol–water partition coefficient (Wildman–Crippen LogP) is 1.73. The van der Waals surface area contributed by atoms with Crippen molar-refractivity contribution in [1.29, 1.82) is 0 Å². The predicted molar refractivity (Wildman–Crippen MR) is 62.0 cm³/mol. The number of carbonyl (C=O) groups is 1. The molecule has 1 aliphatic carbocycles. The second-order valence-corrected chi connectivity index (χ2v) is 4.69. The lowest BCUT2D eigenvalue weighted by atomic mass is 9.87. The van der Waals surface area contributed by atoms with Crippen molar-refractivity contribution >= 4 is 5.97 Å². The van der Waals surface area contributed by atoms with E-state index >= 15 is 0 Å². The minimum Gasteiger partial charge on any atom is -0.480 e. The van der Waals surface area contributed by atoms with Gasteiger partial charge in [0.2, 0.25) is 0 Å². The van der Waals surface area contributed by atoms with Crippen molar-refractivity contribution in [3.05, 3.63) is 0 Å². The first-order chi connectivity index (χ1) is 7.65. The number of aliphatic carboxylic acids is 1. The molecule has 94 valence electrons. The molecule has 4 nitrogen and oxygen atoms in total. The standard InChI is InChI=1S/C12H23NO3/c1-2-6-10(12(15)16)13-11(14)9-7-4-3-5-8-9/h9-11,13-14H,2-8H2,1H3,(H,15,16). The molecule has 1 fully saturated rings. The molecular weight excluding hydrogens is 206 g/mol. The summed E-state index contributed by atoms with van der Waals surface area (Å²) in [7, 11) is 0. The molecule has 0 saturated heterocycles. The van der Waals surface area contributed by atoms with Gasteiger partial charge in [-0.15, -0.1) is 0 Å². The highest BCUT2D eigenvalue weighted by molar-refractivity contribution is 5.73. The van der Waals surface area contributed by atoms with E-state index in [0.717, 1.165) is 32.1 Å². The van der Waals surface area contributed by atoms with E-state index in [-0.39, 0.29) is 5.92 Å². The van der Waals surface area contributed by atoms with Gasteiger partial charge in [-0.25, -0.2) is 0 Å². The molecule has 4 heteroatoms. The van der Waals surface area contributed by atoms with Crippen LogP contribution in [0.1, 0.15) is 51.9 Å². The van der Waals surface area contributed by atoms with Crippen LogP contribution in [0.5, 0.6) is 0 Å². The smallest absolute Gasteiger partial charge is 0.320 e. The lowest BCUT2D eigenvalue weighted by Gasteiger charge is -2.29. The Bertz CT molecular complexity index is 214. The van der Waals surface area contributed by atoms with Gasteiger partial charge in [0.15, 0.2) is 0 Å². The van der Waals surface area contributed by atoms with E-state index in [0.29, 0.717) is 6.42 Å². The van der Waals surface area contributed by atoms with Crippen molar-refractivity contribution in [2.75, 3.05) is 0 Å². The molecule has 0 aromatic heterocycles. The lowest BCUT2D eigenvalue weighted by molar-refractivity contribution is -0.141. The van der Waals surface area contributed by atoms with Crippen LogP contribution in [-0.4, -0.2) is 28.5 Å².